The van der Waals surface area contributed by atoms with Gasteiger partial charge in [0, 0.05) is 81.8 Å². The highest BCUT2D eigenvalue weighted by atomic mass is 79.9. The smallest absolute Gasteiger partial charge is 0.433 e. The Morgan fingerprint density at radius 3 is 1.09 bits per heavy atom. The van der Waals surface area contributed by atoms with Crippen LogP contribution in [0.25, 0.3) is 0 Å². The number of esters is 1. The Morgan fingerprint density at radius 1 is 0.434 bits per heavy atom. The lowest BCUT2D eigenvalue weighted by molar-refractivity contribution is -0.144. The number of ether oxygens (including phenoxy) is 4. The number of carboxylic acids is 1. The topological polar surface area (TPSA) is 396 Å². The monoisotopic (exact) mass is 2240 g/mol. The predicted octanol–water partition coefficient (Wildman–Crippen LogP) is 21.4. The van der Waals surface area contributed by atoms with Crippen molar-refractivity contribution in [1.29, 1.82) is 10.5 Å². The number of pyridine rings is 4. The van der Waals surface area contributed by atoms with Crippen molar-refractivity contribution < 1.29 is 134 Å². The highest BCUT2D eigenvalue weighted by molar-refractivity contribution is 9.10. The van der Waals surface area contributed by atoms with E-state index in [2.05, 4.69) is 51.8 Å². The molecule has 3 atom stereocenters. The second kappa shape index (κ2) is 57.5. The normalized spacial score (nSPS) is 14.1. The van der Waals surface area contributed by atoms with Crippen LogP contribution in [0, 0.1) is 58.7 Å². The molecule has 0 spiro atoms. The lowest BCUT2D eigenvalue weighted by Gasteiger charge is -2.17. The van der Waals surface area contributed by atoms with Crippen molar-refractivity contribution in [2.75, 3.05) is 54.6 Å². The number of halogens is 17. The summed E-state index contributed by atoms with van der Waals surface area (Å²) in [6.45, 7) is 9.16. The number of carboxylic acid groups (broad SMARTS) is 1. The molecule has 4 aromatic heterocycles. The number of carbonyl (C=O) groups excluding carboxylic acids is 2. The number of carbonyl (C=O) groups is 3. The third-order valence-electron chi connectivity index (χ3n) is 21.9. The summed E-state index contributed by atoms with van der Waals surface area (Å²) in [5.41, 5.74) is 13.3. The number of nitrogens with two attached hydrogens (primary N) is 2. The van der Waals surface area contributed by atoms with Gasteiger partial charge in [0.1, 0.15) is 132 Å². The summed E-state index contributed by atoms with van der Waals surface area (Å²) in [4.78, 5) is 49.7. The molecular formula is C98H111Br2ClF14N8O16S4. The summed E-state index contributed by atoms with van der Waals surface area (Å²) in [5.74, 6) is -5.28. The number of sulfone groups is 4. The van der Waals surface area contributed by atoms with E-state index in [1.165, 1.54) is 68.3 Å². The van der Waals surface area contributed by atoms with Crippen molar-refractivity contribution in [2.24, 2.45) is 11.5 Å². The zero-order valence-electron chi connectivity index (χ0n) is 79.4. The van der Waals surface area contributed by atoms with Gasteiger partial charge in [-0.25, -0.2) is 75.6 Å². The van der Waals surface area contributed by atoms with Gasteiger partial charge in [0.2, 0.25) is 17.6 Å². The summed E-state index contributed by atoms with van der Waals surface area (Å²) in [6, 6.07) is 35.8. The van der Waals surface area contributed by atoms with Crippen molar-refractivity contribution in [2.45, 2.75) is 218 Å². The van der Waals surface area contributed by atoms with Crippen LogP contribution < -0.4 is 25.7 Å². The molecule has 3 unspecified atom stereocenters. The fourth-order valence-corrected chi connectivity index (χ4v) is 16.8. The average molecular weight is 2250 g/mol. The van der Waals surface area contributed by atoms with Gasteiger partial charge in [0.25, 0.3) is 0 Å². The quantitative estimate of drug-likeness (QED) is 0.0214. The van der Waals surface area contributed by atoms with Crippen molar-refractivity contribution in [1.82, 2.24) is 19.9 Å². The number of alkyl halides is 9. The molecule has 0 amide bonds. The molecule has 0 bridgehead atoms. The third-order valence-corrected chi connectivity index (χ3v) is 26.9. The van der Waals surface area contributed by atoms with Crippen molar-refractivity contribution in [3.05, 3.63) is 272 Å². The van der Waals surface area contributed by atoms with Crippen LogP contribution in [-0.2, 0) is 122 Å². The van der Waals surface area contributed by atoms with Gasteiger partial charge in [-0.05, 0) is 255 Å². The van der Waals surface area contributed by atoms with Gasteiger partial charge in [0.05, 0.1) is 47.0 Å². The number of benzene rings is 5. The summed E-state index contributed by atoms with van der Waals surface area (Å²) in [7, 11) is -12.5. The molecule has 782 valence electrons. The van der Waals surface area contributed by atoms with E-state index >= 15 is 0 Å². The number of aryl methyl sites for hydroxylation is 6. The summed E-state index contributed by atoms with van der Waals surface area (Å²) < 4.78 is 291. The van der Waals surface area contributed by atoms with Crippen molar-refractivity contribution in [3.63, 3.8) is 0 Å². The molecule has 143 heavy (non-hydrogen) atoms. The van der Waals surface area contributed by atoms with Crippen molar-refractivity contribution in [3.8, 4) is 29.8 Å². The fraction of sp³-hybridized carbons (Fsp3) is 0.439. The number of nitrogens with zero attached hydrogens (tertiary/aromatic N) is 6. The minimum atomic E-state index is -4.53. The molecule has 24 nitrogen and oxygen atoms in total. The van der Waals surface area contributed by atoms with E-state index in [1.807, 2.05) is 19.1 Å². The molecule has 3 aliphatic rings. The first-order valence-electron chi connectivity index (χ1n) is 44.6. The number of hydrogen-bond acceptors (Lipinski definition) is 23. The van der Waals surface area contributed by atoms with Gasteiger partial charge in [-0.2, -0.15) is 50.0 Å². The third kappa shape index (κ3) is 45.1. The van der Waals surface area contributed by atoms with Gasteiger partial charge >= 0.3 is 30.5 Å². The number of Topliss-reactive ketones (excluding diaryl/α,β-unsaturated/α-hetero) is 1. The minimum absolute atomic E-state index is 0.0145. The number of hydrogen-bond donors (Lipinski definition) is 3. The first kappa shape index (κ1) is 123. The molecule has 0 saturated heterocycles. The van der Waals surface area contributed by atoms with Gasteiger partial charge in [0.15, 0.2) is 0 Å². The second-order valence-corrected chi connectivity index (χ2v) is 44.9. The first-order chi connectivity index (χ1) is 66.6. The summed E-state index contributed by atoms with van der Waals surface area (Å²) in [5, 5.41) is 25.6. The number of rotatable bonds is 30. The molecule has 3 aliphatic carbocycles. The molecule has 12 rings (SSSR count). The minimum Gasteiger partial charge on any atom is -0.481 e. The molecule has 0 radical (unpaired) electrons. The molecule has 5 aromatic carbocycles. The zero-order chi connectivity index (χ0) is 107. The summed E-state index contributed by atoms with van der Waals surface area (Å²) >= 11 is 11.6. The van der Waals surface area contributed by atoms with E-state index in [-0.39, 0.29) is 133 Å². The molecule has 45 heteroatoms. The van der Waals surface area contributed by atoms with Gasteiger partial charge in [-0.1, -0.05) is 111 Å². The fourth-order valence-electron chi connectivity index (χ4n) is 13.6. The van der Waals surface area contributed by atoms with Gasteiger partial charge in [-0.15, -0.1) is 0 Å². The molecule has 3 fully saturated rings. The molecule has 5 N–H and O–H groups in total. The van der Waals surface area contributed by atoms with E-state index < -0.39 is 127 Å². The molecule has 0 aliphatic heterocycles. The highest BCUT2D eigenvalue weighted by Crippen LogP contribution is 2.37. The Bertz CT molecular complexity index is 6350. The lowest BCUT2D eigenvalue weighted by atomic mass is 9.92. The van der Waals surface area contributed by atoms with Crippen LogP contribution in [0.2, 0.25) is 5.15 Å². The number of nitriles is 2. The first-order valence-corrected chi connectivity index (χ1v) is 54.8. The Kier molecular flexibility index (Phi) is 49.6. The van der Waals surface area contributed by atoms with Crippen LogP contribution >= 0.6 is 43.5 Å². The van der Waals surface area contributed by atoms with Crippen LogP contribution in [0.5, 0.6) is 17.6 Å². The van der Waals surface area contributed by atoms with E-state index in [0.29, 0.717) is 73.8 Å². The standard InChI is InChI=1S/C25H32FNO4S.C14H19FO4S.C12H15F3N2O.C12H11F3N2O.C12H15FO4S.C9H10BrFO2S.C7H7BrFN.C7H2ClF3N2/c1-17-8-9-20(25(27-17)31-22-6-4-5-7-22)12-13-24(28)18(2)21-11-10-19(23(26)16-21)14-15-32(3,29)30;1-4-19-14(16)10(2)12-6-5-11(13(15)9-12)7-8-20(3,17)18;2*13-12(14,15)10-6-5-8(7-16)11(17-10)18-9-3-1-2-4-9;1-8(12(14)15)10-4-3-9(11(13)7-10)5-6-18(2,16)17;1-14(12,13)5-4-7-2-3-8(10)6-9(7)11;8-6-2-1-5(4-10)7(9)3-6;8-6-4(3-12)1-2-5(13-6)7(9,10)11/h8-11,16,18,22H,4-7,12-15H2,1-3H3;5-6,9-10H,4,7-8H2,1-3H3;5-6,9H,1-4,7,16H2;5-6,9H,1-4H2;3-4,7-8H,5-6H2,1-2H3,(H,14,15);2-3,6H,4-5H2,1H3;1-3H,4,10H2;1-2H. The van der Waals surface area contributed by atoms with Crippen LogP contribution in [0.3, 0.4) is 0 Å². The largest absolute Gasteiger partial charge is 0.481 e. The number of aromatic nitrogens is 4. The Labute approximate surface area is 844 Å². The van der Waals surface area contributed by atoms with E-state index in [0.717, 1.165) is 135 Å². The van der Waals surface area contributed by atoms with E-state index in [1.54, 1.807) is 75.4 Å². The molecule has 3 saturated carbocycles. The maximum Gasteiger partial charge on any atom is 0.433 e. The Morgan fingerprint density at radius 2 is 0.748 bits per heavy atom. The van der Waals surface area contributed by atoms with Gasteiger partial charge < -0.3 is 35.5 Å². The van der Waals surface area contributed by atoms with Crippen molar-refractivity contribution >= 4 is 101 Å². The van der Waals surface area contributed by atoms with Crippen LogP contribution in [0.15, 0.2) is 148 Å². The highest BCUT2D eigenvalue weighted by Gasteiger charge is 2.37. The summed E-state index contributed by atoms with van der Waals surface area (Å²) in [6.07, 6.45) is 4.19. The maximum atomic E-state index is 14.5. The molecular weight excluding hydrogens is 2130 g/mol. The Hall–Kier alpha value is -10.3. The van der Waals surface area contributed by atoms with Crippen LogP contribution in [-0.4, -0.2) is 149 Å². The average Bonchev–Trinajstić information content (AvgIpc) is 1.67. The molecule has 4 heterocycles. The number of aliphatic carboxylic acids is 1. The Balaban J connectivity index is 0.000000294. The lowest BCUT2D eigenvalue weighted by Crippen LogP contribution is -2.17. The second-order valence-electron chi connectivity index (χ2n) is 33.6. The predicted molar refractivity (Wildman–Crippen MR) is 519 cm³/mol. The van der Waals surface area contributed by atoms with Crippen LogP contribution in [0.4, 0.5) is 61.5 Å². The SMILES string of the molecule is CC(C(=O)O)c1ccc(CCS(C)(=O)=O)c(F)c1.CCOC(=O)C(C)c1ccc(CCS(C)(=O)=O)c(F)c1.CS(=O)(=O)CCc1ccc(Br)cc1F.Cc1ccc(CCC(=O)C(C)c2ccc(CCS(C)(=O)=O)c(F)c2)c(OC2CCCC2)n1.N#Cc1ccc(C(F)(F)F)nc1Cl.N#Cc1ccc(C(F)(F)F)nc1OC1CCCC1.NCc1ccc(Br)cc1F.NCc1ccc(C(F)(F)F)nc1OC1CCCC1. The van der Waals surface area contributed by atoms with Gasteiger partial charge in [-0.3, -0.25) is 14.4 Å². The van der Waals surface area contributed by atoms with E-state index in [9.17, 15) is 110 Å². The zero-order valence-corrected chi connectivity index (χ0v) is 86.6. The maximum absolute atomic E-state index is 14.5. The van der Waals surface area contributed by atoms with E-state index in [4.69, 9.17) is 57.6 Å². The number of ketones is 1. The molecule has 9 aromatic rings. The van der Waals surface area contributed by atoms with Crippen LogP contribution in [0.1, 0.15) is 218 Å².